The fraction of sp³-hybridized carbons (Fsp3) is 0.750. The van der Waals surface area contributed by atoms with Crippen LogP contribution in [0.15, 0.2) is 6.07 Å². The minimum Gasteiger partial charge on any atom is -0.381 e. The molecule has 1 N–H and O–H groups in total. The molecule has 0 aliphatic carbocycles. The molecule has 1 amide bonds. The first-order valence-electron chi connectivity index (χ1n) is 7.89. The molecule has 1 aromatic rings. The third kappa shape index (κ3) is 4.30. The first-order chi connectivity index (χ1) is 10.3. The first kappa shape index (κ1) is 17.0. The molecule has 1 saturated heterocycles. The van der Waals surface area contributed by atoms with E-state index in [-0.39, 0.29) is 11.3 Å². The van der Waals surface area contributed by atoms with E-state index in [1.54, 1.807) is 11.8 Å². The highest BCUT2D eigenvalue weighted by molar-refractivity contribution is 5.91. The van der Waals surface area contributed by atoms with E-state index in [2.05, 4.69) is 36.1 Å². The predicted molar refractivity (Wildman–Crippen MR) is 87.0 cm³/mol. The van der Waals surface area contributed by atoms with Crippen LogP contribution >= 0.6 is 0 Å². The highest BCUT2D eigenvalue weighted by atomic mass is 16.5. The average molecular weight is 308 g/mol. The van der Waals surface area contributed by atoms with Gasteiger partial charge in [-0.25, -0.2) is 0 Å². The summed E-state index contributed by atoms with van der Waals surface area (Å²) in [5, 5.41) is 7.44. The molecule has 6 heteroatoms. The third-order valence-corrected chi connectivity index (χ3v) is 4.15. The second kappa shape index (κ2) is 6.79. The number of amides is 1. The van der Waals surface area contributed by atoms with Gasteiger partial charge in [0.05, 0.1) is 18.3 Å². The lowest BCUT2D eigenvalue weighted by atomic mass is 9.92. The fourth-order valence-corrected chi connectivity index (χ4v) is 2.64. The Hall–Kier alpha value is -1.40. The second-order valence-corrected chi connectivity index (χ2v) is 7.05. The summed E-state index contributed by atoms with van der Waals surface area (Å²) in [7, 11) is 3.61. The van der Waals surface area contributed by atoms with Crippen LogP contribution < -0.4 is 5.32 Å². The number of likely N-dealkylation sites (tertiary alicyclic amines) is 1. The molecule has 1 aliphatic rings. The molecular weight excluding hydrogens is 280 g/mol. The second-order valence-electron chi connectivity index (χ2n) is 7.05. The normalized spacial score (nSPS) is 17.7. The van der Waals surface area contributed by atoms with Crippen molar-refractivity contribution in [2.24, 2.45) is 7.05 Å². The number of nitrogens with one attached hydrogen (secondary N) is 1. The Morgan fingerprint density at radius 1 is 1.41 bits per heavy atom. The molecule has 22 heavy (non-hydrogen) atoms. The number of anilines is 1. The Kier molecular flexibility index (Phi) is 5.24. The summed E-state index contributed by atoms with van der Waals surface area (Å²) in [6.45, 7) is 8.57. The van der Waals surface area contributed by atoms with Crippen LogP contribution in [-0.2, 0) is 22.0 Å². The lowest BCUT2D eigenvalue weighted by Gasteiger charge is -2.30. The van der Waals surface area contributed by atoms with Crippen molar-refractivity contribution in [3.63, 3.8) is 0 Å². The molecule has 0 bridgehead atoms. The van der Waals surface area contributed by atoms with Gasteiger partial charge in [-0.15, -0.1) is 0 Å². The number of carbonyl (C=O) groups is 1. The van der Waals surface area contributed by atoms with E-state index >= 15 is 0 Å². The third-order valence-electron chi connectivity index (χ3n) is 4.15. The van der Waals surface area contributed by atoms with Crippen molar-refractivity contribution in [3.8, 4) is 0 Å². The van der Waals surface area contributed by atoms with Crippen molar-refractivity contribution in [2.75, 3.05) is 32.1 Å². The molecule has 1 fully saturated rings. The summed E-state index contributed by atoms with van der Waals surface area (Å²) in [5.41, 5.74) is 0.953. The van der Waals surface area contributed by atoms with Gasteiger partial charge in [-0.1, -0.05) is 20.8 Å². The fourth-order valence-electron chi connectivity index (χ4n) is 2.64. The zero-order valence-electron chi connectivity index (χ0n) is 14.3. The monoisotopic (exact) mass is 308 g/mol. The number of aromatic nitrogens is 2. The topological polar surface area (TPSA) is 59.4 Å². The quantitative estimate of drug-likeness (QED) is 0.921. The molecule has 1 aliphatic heterocycles. The molecule has 0 saturated carbocycles. The predicted octanol–water partition coefficient (Wildman–Crippen LogP) is 1.77. The molecule has 0 atom stereocenters. The summed E-state index contributed by atoms with van der Waals surface area (Å²) < 4.78 is 7.08. The number of carbonyl (C=O) groups excluding carboxylic acids is 1. The minimum absolute atomic E-state index is 0.0133. The maximum Gasteiger partial charge on any atom is 0.239 e. The van der Waals surface area contributed by atoms with Crippen LogP contribution in [0.1, 0.15) is 39.3 Å². The summed E-state index contributed by atoms with van der Waals surface area (Å²) in [4.78, 5) is 14.4. The molecule has 6 nitrogen and oxygen atoms in total. The van der Waals surface area contributed by atoms with Gasteiger partial charge in [0, 0.05) is 38.7 Å². The van der Waals surface area contributed by atoms with E-state index in [0.29, 0.717) is 12.6 Å². The molecule has 0 spiro atoms. The molecule has 2 heterocycles. The molecule has 124 valence electrons. The Bertz CT molecular complexity index is 511. The van der Waals surface area contributed by atoms with Crippen LogP contribution in [0.5, 0.6) is 0 Å². The summed E-state index contributed by atoms with van der Waals surface area (Å²) in [6.07, 6.45) is 2.32. The van der Waals surface area contributed by atoms with Crippen molar-refractivity contribution < 1.29 is 9.53 Å². The largest absolute Gasteiger partial charge is 0.381 e. The van der Waals surface area contributed by atoms with Crippen LogP contribution in [0.4, 0.5) is 5.82 Å². The van der Waals surface area contributed by atoms with Gasteiger partial charge in [0.2, 0.25) is 5.91 Å². The number of aryl methyl sites for hydroxylation is 1. The van der Waals surface area contributed by atoms with Gasteiger partial charge in [-0.05, 0) is 12.8 Å². The Morgan fingerprint density at radius 3 is 2.55 bits per heavy atom. The maximum atomic E-state index is 12.2. The van der Waals surface area contributed by atoms with Gasteiger partial charge in [0.1, 0.15) is 5.82 Å². The van der Waals surface area contributed by atoms with Crippen LogP contribution in [0.2, 0.25) is 0 Å². The van der Waals surface area contributed by atoms with E-state index in [1.165, 1.54) is 0 Å². The number of piperidine rings is 1. The van der Waals surface area contributed by atoms with E-state index < -0.39 is 0 Å². The zero-order valence-corrected chi connectivity index (χ0v) is 14.3. The smallest absolute Gasteiger partial charge is 0.239 e. The number of rotatable bonds is 4. The van der Waals surface area contributed by atoms with Crippen molar-refractivity contribution >= 4 is 11.7 Å². The van der Waals surface area contributed by atoms with E-state index in [9.17, 15) is 4.79 Å². The van der Waals surface area contributed by atoms with Gasteiger partial charge >= 0.3 is 0 Å². The number of ether oxygens (including phenoxy) is 1. The van der Waals surface area contributed by atoms with Crippen LogP contribution in [0.25, 0.3) is 0 Å². The van der Waals surface area contributed by atoms with Gasteiger partial charge in [-0.3, -0.25) is 14.4 Å². The average Bonchev–Trinajstić information content (AvgIpc) is 2.81. The highest BCUT2D eigenvalue weighted by Crippen LogP contribution is 2.23. The Labute approximate surface area is 132 Å². The standard InChI is InChI=1S/C16H28N4O2/c1-16(2,3)13-10-14(19(4)18-13)17-15(21)11-20-8-6-12(22-5)7-9-20/h10,12H,6-9,11H2,1-5H3,(H,17,21). The molecule has 1 aromatic heterocycles. The summed E-state index contributed by atoms with van der Waals surface area (Å²) >= 11 is 0. The number of hydrogen-bond acceptors (Lipinski definition) is 4. The maximum absolute atomic E-state index is 12.2. The van der Waals surface area contributed by atoms with Crippen molar-refractivity contribution in [1.82, 2.24) is 14.7 Å². The SMILES string of the molecule is COC1CCN(CC(=O)Nc2cc(C(C)(C)C)nn2C)CC1. The van der Waals surface area contributed by atoms with E-state index in [0.717, 1.165) is 37.4 Å². The molecular formula is C16H28N4O2. The number of nitrogens with zero attached hydrogens (tertiary/aromatic N) is 3. The summed E-state index contributed by atoms with van der Waals surface area (Å²) in [5.74, 6) is 0.765. The molecule has 0 aromatic carbocycles. The lowest BCUT2D eigenvalue weighted by Crippen LogP contribution is -2.41. The van der Waals surface area contributed by atoms with E-state index in [4.69, 9.17) is 4.74 Å². The van der Waals surface area contributed by atoms with Gasteiger partial charge in [-0.2, -0.15) is 5.10 Å². The molecule has 0 radical (unpaired) electrons. The van der Waals surface area contributed by atoms with Crippen molar-refractivity contribution in [1.29, 1.82) is 0 Å². The van der Waals surface area contributed by atoms with Gasteiger partial charge in [0.15, 0.2) is 0 Å². The van der Waals surface area contributed by atoms with Crippen LogP contribution in [-0.4, -0.2) is 53.4 Å². The Morgan fingerprint density at radius 2 is 2.05 bits per heavy atom. The van der Waals surface area contributed by atoms with Gasteiger partial charge < -0.3 is 10.1 Å². The minimum atomic E-state index is -0.0250. The molecule has 2 rings (SSSR count). The van der Waals surface area contributed by atoms with Gasteiger partial charge in [0.25, 0.3) is 0 Å². The summed E-state index contributed by atoms with van der Waals surface area (Å²) in [6, 6.07) is 1.95. The first-order valence-corrected chi connectivity index (χ1v) is 7.89. The van der Waals surface area contributed by atoms with Crippen molar-refractivity contribution in [2.45, 2.75) is 45.1 Å². The zero-order chi connectivity index (χ0) is 16.3. The number of hydrogen-bond donors (Lipinski definition) is 1. The van der Waals surface area contributed by atoms with E-state index in [1.807, 2.05) is 13.1 Å². The lowest BCUT2D eigenvalue weighted by molar-refractivity contribution is -0.118. The number of methoxy groups -OCH3 is 1. The van der Waals surface area contributed by atoms with Crippen LogP contribution in [0.3, 0.4) is 0 Å². The highest BCUT2D eigenvalue weighted by Gasteiger charge is 2.22. The van der Waals surface area contributed by atoms with Crippen molar-refractivity contribution in [3.05, 3.63) is 11.8 Å². The van der Waals surface area contributed by atoms with Crippen LogP contribution in [0, 0.1) is 0 Å². The molecule has 0 unspecified atom stereocenters. The Balaban J connectivity index is 1.89.